The van der Waals surface area contributed by atoms with Gasteiger partial charge < -0.3 is 5.11 Å². The average molecular weight is 218 g/mol. The number of carboxylic acids is 1. The molecule has 0 bridgehead atoms. The van der Waals surface area contributed by atoms with Gasteiger partial charge in [-0.25, -0.2) is 0 Å². The van der Waals surface area contributed by atoms with E-state index in [-0.39, 0.29) is 0 Å². The lowest BCUT2D eigenvalue weighted by molar-refractivity contribution is -0.138. The molecule has 0 saturated heterocycles. The average Bonchev–Trinajstić information content (AvgIpc) is 2.51. The third kappa shape index (κ3) is 2.26. The van der Waals surface area contributed by atoms with E-state index in [4.69, 9.17) is 5.11 Å². The Bertz CT molecular complexity index is 396. The molecular formula is C14H18O2. The summed E-state index contributed by atoms with van der Waals surface area (Å²) in [5.74, 6) is -1.14. The number of carboxylic acid groups (broad SMARTS) is 1. The first-order valence-corrected chi connectivity index (χ1v) is 6.03. The highest BCUT2D eigenvalue weighted by atomic mass is 16.4. The Hall–Kier alpha value is -1.31. The number of benzene rings is 1. The zero-order valence-electron chi connectivity index (χ0n) is 9.70. The van der Waals surface area contributed by atoms with E-state index < -0.39 is 11.9 Å². The minimum absolute atomic E-state index is 0.395. The van der Waals surface area contributed by atoms with Crippen LogP contribution in [0.25, 0.3) is 0 Å². The Balaban J connectivity index is 2.30. The molecular weight excluding hydrogens is 200 g/mol. The van der Waals surface area contributed by atoms with Crippen molar-refractivity contribution in [2.75, 3.05) is 0 Å². The molecule has 0 fully saturated rings. The third-order valence-corrected chi connectivity index (χ3v) is 3.49. The molecule has 2 rings (SSSR count). The number of aliphatic carboxylic acids is 1. The summed E-state index contributed by atoms with van der Waals surface area (Å²) >= 11 is 0. The van der Waals surface area contributed by atoms with Gasteiger partial charge in [-0.2, -0.15) is 0 Å². The molecule has 0 aromatic heterocycles. The molecule has 1 aliphatic carbocycles. The summed E-state index contributed by atoms with van der Waals surface area (Å²) in [4.78, 5) is 10.9. The third-order valence-electron chi connectivity index (χ3n) is 3.49. The SMILES string of the molecule is CC(C(=O)O)c1ccc2c(c1)CCCCC2. The summed E-state index contributed by atoms with van der Waals surface area (Å²) in [5.41, 5.74) is 3.72. The fourth-order valence-corrected chi connectivity index (χ4v) is 2.34. The molecule has 0 aliphatic heterocycles. The molecule has 1 aromatic rings. The highest BCUT2D eigenvalue weighted by molar-refractivity contribution is 5.75. The van der Waals surface area contributed by atoms with Crippen LogP contribution in [0.2, 0.25) is 0 Å². The van der Waals surface area contributed by atoms with Crippen LogP contribution in [0.3, 0.4) is 0 Å². The van der Waals surface area contributed by atoms with Gasteiger partial charge in [0.05, 0.1) is 5.92 Å². The summed E-state index contributed by atoms with van der Waals surface area (Å²) in [6.07, 6.45) is 6.05. The fraction of sp³-hybridized carbons (Fsp3) is 0.500. The van der Waals surface area contributed by atoms with Crippen LogP contribution in [0.5, 0.6) is 0 Å². The van der Waals surface area contributed by atoms with Crippen molar-refractivity contribution in [3.63, 3.8) is 0 Å². The maximum atomic E-state index is 10.9. The van der Waals surface area contributed by atoms with Gasteiger partial charge in [0.1, 0.15) is 0 Å². The van der Waals surface area contributed by atoms with Gasteiger partial charge >= 0.3 is 5.97 Å². The van der Waals surface area contributed by atoms with Crippen LogP contribution in [0, 0.1) is 0 Å². The van der Waals surface area contributed by atoms with Gasteiger partial charge in [0, 0.05) is 0 Å². The lowest BCUT2D eigenvalue weighted by Crippen LogP contribution is -2.08. The minimum Gasteiger partial charge on any atom is -0.481 e. The Kier molecular flexibility index (Phi) is 3.28. The summed E-state index contributed by atoms with van der Waals surface area (Å²) in [7, 11) is 0. The van der Waals surface area contributed by atoms with Crippen LogP contribution in [0.1, 0.15) is 48.8 Å². The number of hydrogen-bond acceptors (Lipinski definition) is 1. The summed E-state index contributed by atoms with van der Waals surface area (Å²) in [5, 5.41) is 9.00. The first kappa shape index (κ1) is 11.2. The maximum absolute atomic E-state index is 10.9. The maximum Gasteiger partial charge on any atom is 0.310 e. The zero-order chi connectivity index (χ0) is 11.5. The largest absolute Gasteiger partial charge is 0.481 e. The highest BCUT2D eigenvalue weighted by Crippen LogP contribution is 2.25. The van der Waals surface area contributed by atoms with Gasteiger partial charge in [0.2, 0.25) is 0 Å². The highest BCUT2D eigenvalue weighted by Gasteiger charge is 2.16. The van der Waals surface area contributed by atoms with Crippen molar-refractivity contribution >= 4 is 5.97 Å². The molecule has 0 spiro atoms. The van der Waals surface area contributed by atoms with Crippen molar-refractivity contribution in [3.8, 4) is 0 Å². The van der Waals surface area contributed by atoms with Crippen LogP contribution in [0.15, 0.2) is 18.2 Å². The van der Waals surface area contributed by atoms with E-state index in [0.29, 0.717) is 0 Å². The molecule has 1 atom stereocenters. The molecule has 1 N–H and O–H groups in total. The van der Waals surface area contributed by atoms with Crippen LogP contribution < -0.4 is 0 Å². The van der Waals surface area contributed by atoms with Crippen molar-refractivity contribution < 1.29 is 9.90 Å². The van der Waals surface area contributed by atoms with E-state index in [2.05, 4.69) is 12.1 Å². The summed E-state index contributed by atoms with van der Waals surface area (Å²) < 4.78 is 0. The van der Waals surface area contributed by atoms with Crippen molar-refractivity contribution in [3.05, 3.63) is 34.9 Å². The molecule has 86 valence electrons. The van der Waals surface area contributed by atoms with Crippen LogP contribution in [0.4, 0.5) is 0 Å². The van der Waals surface area contributed by atoms with Gasteiger partial charge in [0.25, 0.3) is 0 Å². The van der Waals surface area contributed by atoms with E-state index in [1.165, 1.54) is 30.4 Å². The Morgan fingerprint density at radius 3 is 2.56 bits per heavy atom. The first-order valence-electron chi connectivity index (χ1n) is 6.03. The molecule has 1 aromatic carbocycles. The molecule has 0 radical (unpaired) electrons. The predicted octanol–water partition coefficient (Wildman–Crippen LogP) is 3.14. The van der Waals surface area contributed by atoms with Gasteiger partial charge in [-0.1, -0.05) is 24.6 Å². The van der Waals surface area contributed by atoms with E-state index in [0.717, 1.165) is 18.4 Å². The monoisotopic (exact) mass is 218 g/mol. The molecule has 16 heavy (non-hydrogen) atoms. The second-order valence-electron chi connectivity index (χ2n) is 4.65. The smallest absolute Gasteiger partial charge is 0.310 e. The molecule has 2 heteroatoms. The number of aryl methyl sites for hydroxylation is 2. The number of rotatable bonds is 2. The Morgan fingerprint density at radius 2 is 1.88 bits per heavy atom. The zero-order valence-corrected chi connectivity index (χ0v) is 9.70. The summed E-state index contributed by atoms with van der Waals surface area (Å²) in [6, 6.07) is 6.19. The van der Waals surface area contributed by atoms with E-state index in [1.54, 1.807) is 6.92 Å². The van der Waals surface area contributed by atoms with E-state index in [1.807, 2.05) is 6.07 Å². The number of fused-ring (bicyclic) bond motifs is 1. The molecule has 0 saturated carbocycles. The molecule has 0 heterocycles. The van der Waals surface area contributed by atoms with Crippen molar-refractivity contribution in [1.82, 2.24) is 0 Å². The van der Waals surface area contributed by atoms with Crippen LogP contribution in [-0.4, -0.2) is 11.1 Å². The normalized spacial score (nSPS) is 17.3. The molecule has 1 aliphatic rings. The first-order chi connectivity index (χ1) is 7.68. The number of carbonyl (C=O) groups is 1. The second-order valence-corrected chi connectivity index (χ2v) is 4.65. The van der Waals surface area contributed by atoms with E-state index in [9.17, 15) is 4.79 Å². The van der Waals surface area contributed by atoms with Gasteiger partial charge in [-0.05, 0) is 49.3 Å². The topological polar surface area (TPSA) is 37.3 Å². The van der Waals surface area contributed by atoms with Gasteiger partial charge in [0.15, 0.2) is 0 Å². The predicted molar refractivity (Wildman–Crippen MR) is 63.8 cm³/mol. The van der Waals surface area contributed by atoms with Crippen LogP contribution in [-0.2, 0) is 17.6 Å². The van der Waals surface area contributed by atoms with Crippen LogP contribution >= 0.6 is 0 Å². The quantitative estimate of drug-likeness (QED) is 0.774. The van der Waals surface area contributed by atoms with Gasteiger partial charge in [-0.15, -0.1) is 0 Å². The lowest BCUT2D eigenvalue weighted by atomic mass is 9.94. The fourth-order valence-electron chi connectivity index (χ4n) is 2.34. The Morgan fingerprint density at radius 1 is 1.19 bits per heavy atom. The van der Waals surface area contributed by atoms with Gasteiger partial charge in [-0.3, -0.25) is 4.79 Å². The molecule has 1 unspecified atom stereocenters. The molecule has 0 amide bonds. The Labute approximate surface area is 96.3 Å². The number of hydrogen-bond donors (Lipinski definition) is 1. The van der Waals surface area contributed by atoms with Crippen molar-refractivity contribution in [2.24, 2.45) is 0 Å². The standard InChI is InChI=1S/C14H18O2/c1-10(14(15)16)12-8-7-11-5-3-2-4-6-13(11)9-12/h7-10H,2-6H2,1H3,(H,15,16). The molecule has 2 nitrogen and oxygen atoms in total. The minimum atomic E-state index is -0.742. The second kappa shape index (κ2) is 4.69. The van der Waals surface area contributed by atoms with Crippen molar-refractivity contribution in [1.29, 1.82) is 0 Å². The summed E-state index contributed by atoms with van der Waals surface area (Å²) in [6.45, 7) is 1.75. The lowest BCUT2D eigenvalue weighted by Gasteiger charge is -2.11. The van der Waals surface area contributed by atoms with Crippen molar-refractivity contribution in [2.45, 2.75) is 44.9 Å². The van der Waals surface area contributed by atoms with E-state index >= 15 is 0 Å².